The lowest BCUT2D eigenvalue weighted by atomic mass is 10.0. The Labute approximate surface area is 158 Å². The van der Waals surface area contributed by atoms with E-state index in [1.165, 1.54) is 103 Å². The molecule has 2 heteroatoms. The minimum Gasteiger partial charge on any atom is -0.374 e. The first-order valence-corrected chi connectivity index (χ1v) is 11.4. The number of nitrogens with one attached hydrogen (secondary N) is 1. The molecule has 1 atom stereocenters. The summed E-state index contributed by atoms with van der Waals surface area (Å²) in [5.74, 6) is 0. The highest BCUT2D eigenvalue weighted by molar-refractivity contribution is 4.79. The van der Waals surface area contributed by atoms with E-state index in [1.807, 2.05) is 13.1 Å². The van der Waals surface area contributed by atoms with Gasteiger partial charge in [-0.3, -0.25) is 0 Å². The maximum atomic E-state index is 9.34. The normalized spacial score (nSPS) is 12.8. The zero-order valence-corrected chi connectivity index (χ0v) is 17.4. The van der Waals surface area contributed by atoms with Gasteiger partial charge < -0.3 is 10.4 Å². The van der Waals surface area contributed by atoms with Crippen LogP contribution in [0.25, 0.3) is 0 Å². The van der Waals surface area contributed by atoms with E-state index in [0.717, 1.165) is 12.8 Å². The van der Waals surface area contributed by atoms with Gasteiger partial charge in [0, 0.05) is 0 Å². The molecule has 0 aromatic carbocycles. The molecule has 0 saturated heterocycles. The molecule has 150 valence electrons. The number of rotatable bonds is 20. The molecule has 2 nitrogen and oxygen atoms in total. The Hall–Kier alpha value is -0.500. The monoisotopic (exact) mass is 353 g/mol. The summed E-state index contributed by atoms with van der Waals surface area (Å²) in [5.41, 5.74) is 0. The first-order chi connectivity index (χ1) is 12.3. The van der Waals surface area contributed by atoms with Gasteiger partial charge in [-0.1, -0.05) is 116 Å². The summed E-state index contributed by atoms with van der Waals surface area (Å²) in [6.07, 6.45) is 28.3. The highest BCUT2D eigenvalue weighted by atomic mass is 16.3. The van der Waals surface area contributed by atoms with E-state index in [9.17, 15) is 5.11 Å². The molecule has 0 aromatic rings. The van der Waals surface area contributed by atoms with Crippen LogP contribution in [0.5, 0.6) is 0 Å². The first kappa shape index (κ1) is 24.5. The van der Waals surface area contributed by atoms with Crippen molar-refractivity contribution in [3.8, 4) is 0 Å². The number of hydrogen-bond acceptors (Lipinski definition) is 2. The van der Waals surface area contributed by atoms with Gasteiger partial charge in [0.15, 0.2) is 0 Å². The van der Waals surface area contributed by atoms with E-state index >= 15 is 0 Å². The summed E-state index contributed by atoms with van der Waals surface area (Å²) in [6.45, 7) is 4.26. The number of hydrogen-bond donors (Lipinski definition) is 2. The van der Waals surface area contributed by atoms with Gasteiger partial charge in [0.1, 0.15) is 6.23 Å². The van der Waals surface area contributed by atoms with Gasteiger partial charge >= 0.3 is 0 Å². The lowest BCUT2D eigenvalue weighted by Gasteiger charge is -2.06. The lowest BCUT2D eigenvalue weighted by Crippen LogP contribution is -2.21. The number of unbranched alkanes of at least 4 members (excludes halogenated alkanes) is 16. The van der Waals surface area contributed by atoms with E-state index in [4.69, 9.17) is 0 Å². The molecule has 0 aliphatic carbocycles. The Morgan fingerprint density at radius 3 is 1.44 bits per heavy atom. The van der Waals surface area contributed by atoms with E-state index in [0.29, 0.717) is 0 Å². The summed E-state index contributed by atoms with van der Waals surface area (Å²) in [5, 5.41) is 12.3. The van der Waals surface area contributed by atoms with Crippen LogP contribution in [0.4, 0.5) is 0 Å². The molecule has 0 saturated carbocycles. The van der Waals surface area contributed by atoms with E-state index in [1.54, 1.807) is 0 Å². The van der Waals surface area contributed by atoms with Crippen LogP contribution in [-0.4, -0.2) is 11.3 Å². The minimum absolute atomic E-state index is 0.387. The first-order valence-electron chi connectivity index (χ1n) is 11.4. The van der Waals surface area contributed by atoms with Gasteiger partial charge in [-0.05, 0) is 25.5 Å². The fraction of sp³-hybridized carbons (Fsp3) is 0.913. The molecule has 1 unspecified atom stereocenters. The predicted octanol–water partition coefficient (Wildman–Crippen LogP) is 7.47. The van der Waals surface area contributed by atoms with Crippen molar-refractivity contribution in [1.82, 2.24) is 5.32 Å². The number of aliphatic hydroxyl groups excluding tert-OH is 1. The fourth-order valence-electron chi connectivity index (χ4n) is 3.19. The second-order valence-corrected chi connectivity index (χ2v) is 7.59. The maximum absolute atomic E-state index is 9.34. The molecule has 25 heavy (non-hydrogen) atoms. The van der Waals surface area contributed by atoms with E-state index < -0.39 is 0 Å². The van der Waals surface area contributed by atoms with Crippen LogP contribution >= 0.6 is 0 Å². The fourth-order valence-corrected chi connectivity index (χ4v) is 3.19. The third kappa shape index (κ3) is 21.5. The van der Waals surface area contributed by atoms with E-state index in [-0.39, 0.29) is 6.23 Å². The Bertz CT molecular complexity index is 265. The Kier molecular flexibility index (Phi) is 21.1. The Balaban J connectivity index is 3.05. The second kappa shape index (κ2) is 21.5. The molecule has 0 aromatic heterocycles. The van der Waals surface area contributed by atoms with Crippen LogP contribution in [0.15, 0.2) is 12.3 Å². The molecule has 0 bridgehead atoms. The van der Waals surface area contributed by atoms with Crippen molar-refractivity contribution in [2.24, 2.45) is 0 Å². The topological polar surface area (TPSA) is 32.3 Å². The van der Waals surface area contributed by atoms with Crippen molar-refractivity contribution < 1.29 is 5.11 Å². The summed E-state index contributed by atoms with van der Waals surface area (Å²) >= 11 is 0. The molecule has 0 spiro atoms. The van der Waals surface area contributed by atoms with Crippen LogP contribution in [0.3, 0.4) is 0 Å². The molecule has 0 heterocycles. The molecule has 0 fully saturated rings. The van der Waals surface area contributed by atoms with Crippen molar-refractivity contribution in [3.63, 3.8) is 0 Å². The van der Waals surface area contributed by atoms with Gasteiger partial charge in [-0.2, -0.15) is 0 Å². The summed E-state index contributed by atoms with van der Waals surface area (Å²) < 4.78 is 0. The molecule has 0 aliphatic rings. The largest absolute Gasteiger partial charge is 0.374 e. The van der Waals surface area contributed by atoms with Crippen molar-refractivity contribution in [2.45, 2.75) is 136 Å². The van der Waals surface area contributed by atoms with Crippen LogP contribution < -0.4 is 5.32 Å². The van der Waals surface area contributed by atoms with Crippen LogP contribution in [0.1, 0.15) is 129 Å². The molecule has 0 radical (unpaired) electrons. The molecular formula is C23H47NO. The van der Waals surface area contributed by atoms with Gasteiger partial charge in [0.2, 0.25) is 0 Å². The van der Waals surface area contributed by atoms with Crippen LogP contribution in [-0.2, 0) is 0 Å². The summed E-state index contributed by atoms with van der Waals surface area (Å²) in [6, 6.07) is 0. The van der Waals surface area contributed by atoms with Crippen molar-refractivity contribution in [1.29, 1.82) is 0 Å². The van der Waals surface area contributed by atoms with E-state index in [2.05, 4.69) is 18.3 Å². The van der Waals surface area contributed by atoms with Gasteiger partial charge in [-0.15, -0.1) is 0 Å². The molecule has 0 aliphatic heterocycles. The van der Waals surface area contributed by atoms with Crippen molar-refractivity contribution in [3.05, 3.63) is 12.3 Å². The average molecular weight is 354 g/mol. The standard InChI is InChI=1S/C23H47NO/c1-3-5-6-7-8-9-10-11-12-13-14-15-16-17-18-19-20-21-22-24-23(25)4-2/h21-25H,3-20H2,1-2H3. The van der Waals surface area contributed by atoms with Gasteiger partial charge in [0.05, 0.1) is 0 Å². The van der Waals surface area contributed by atoms with Gasteiger partial charge in [0.25, 0.3) is 0 Å². The number of allylic oxidation sites excluding steroid dienone is 1. The highest BCUT2D eigenvalue weighted by Crippen LogP contribution is 2.14. The Morgan fingerprint density at radius 1 is 0.640 bits per heavy atom. The average Bonchev–Trinajstić information content (AvgIpc) is 2.63. The summed E-state index contributed by atoms with van der Waals surface area (Å²) in [4.78, 5) is 0. The zero-order valence-electron chi connectivity index (χ0n) is 17.4. The quantitative estimate of drug-likeness (QED) is 0.176. The second-order valence-electron chi connectivity index (χ2n) is 7.59. The molecule has 0 amide bonds. The van der Waals surface area contributed by atoms with Crippen molar-refractivity contribution >= 4 is 0 Å². The predicted molar refractivity (Wildman–Crippen MR) is 113 cm³/mol. The van der Waals surface area contributed by atoms with Gasteiger partial charge in [-0.25, -0.2) is 0 Å². The summed E-state index contributed by atoms with van der Waals surface area (Å²) in [7, 11) is 0. The third-order valence-corrected chi connectivity index (χ3v) is 5.02. The highest BCUT2D eigenvalue weighted by Gasteiger charge is 1.95. The van der Waals surface area contributed by atoms with Crippen LogP contribution in [0.2, 0.25) is 0 Å². The number of aliphatic hydroxyl groups is 1. The van der Waals surface area contributed by atoms with Crippen molar-refractivity contribution in [2.75, 3.05) is 0 Å². The third-order valence-electron chi connectivity index (χ3n) is 5.02. The lowest BCUT2D eigenvalue weighted by molar-refractivity contribution is 0.149. The smallest absolute Gasteiger partial charge is 0.123 e. The molecular weight excluding hydrogens is 306 g/mol. The molecule has 0 rings (SSSR count). The van der Waals surface area contributed by atoms with Crippen LogP contribution in [0, 0.1) is 0 Å². The Morgan fingerprint density at radius 2 is 1.04 bits per heavy atom. The SMILES string of the molecule is CCCCCCCCCCCCCCCCCCC=CNC(O)CC. The molecule has 2 N–H and O–H groups in total. The zero-order chi connectivity index (χ0) is 18.4. The maximum Gasteiger partial charge on any atom is 0.123 e. The minimum atomic E-state index is -0.387.